The lowest BCUT2D eigenvalue weighted by Gasteiger charge is -2.44. The van der Waals surface area contributed by atoms with E-state index >= 15 is 0 Å². The second kappa shape index (κ2) is 15.5. The summed E-state index contributed by atoms with van der Waals surface area (Å²) >= 11 is 0. The summed E-state index contributed by atoms with van der Waals surface area (Å²) in [4.78, 5) is 38.7. The molecule has 1 aliphatic heterocycles. The maximum atomic E-state index is 13.1. The van der Waals surface area contributed by atoms with Crippen molar-refractivity contribution in [1.29, 1.82) is 0 Å². The Morgan fingerprint density at radius 1 is 1.00 bits per heavy atom. The number of hydrogen-bond acceptors (Lipinski definition) is 6. The molecule has 1 saturated heterocycles. The van der Waals surface area contributed by atoms with Gasteiger partial charge in [-0.1, -0.05) is 76.8 Å². The number of unbranched alkanes of at least 4 members (excludes halogenated alkanes) is 3. The lowest BCUT2D eigenvalue weighted by atomic mass is 9.85. The van der Waals surface area contributed by atoms with Gasteiger partial charge in [0.1, 0.15) is 12.2 Å². The van der Waals surface area contributed by atoms with Crippen molar-refractivity contribution >= 4 is 23.4 Å². The van der Waals surface area contributed by atoms with Crippen molar-refractivity contribution in [2.45, 2.75) is 123 Å². The van der Waals surface area contributed by atoms with Crippen LogP contribution in [0.25, 0.3) is 5.57 Å². The summed E-state index contributed by atoms with van der Waals surface area (Å²) in [5.74, 6) is -1.65. The highest BCUT2D eigenvalue weighted by molar-refractivity contribution is 5.95. The van der Waals surface area contributed by atoms with E-state index in [0.717, 1.165) is 49.7 Å². The topological polar surface area (TPSA) is 103 Å². The van der Waals surface area contributed by atoms with Gasteiger partial charge >= 0.3 is 5.97 Å². The lowest BCUT2D eigenvalue weighted by molar-refractivity contribution is -0.304. The zero-order valence-corrected chi connectivity index (χ0v) is 25.6. The Bertz CT molecular complexity index is 1040. The van der Waals surface area contributed by atoms with Crippen LogP contribution < -0.4 is 10.6 Å². The van der Waals surface area contributed by atoms with Crippen LogP contribution in [0.3, 0.4) is 0 Å². The molecule has 1 heterocycles. The highest BCUT2D eigenvalue weighted by Gasteiger charge is 2.45. The van der Waals surface area contributed by atoms with Crippen molar-refractivity contribution in [2.75, 3.05) is 13.2 Å². The third kappa shape index (κ3) is 10.6. The molecule has 228 valence electrons. The highest BCUT2D eigenvalue weighted by atomic mass is 16.7. The first kappa shape index (κ1) is 32.8. The van der Waals surface area contributed by atoms with Gasteiger partial charge in [0.15, 0.2) is 5.79 Å². The largest absolute Gasteiger partial charge is 0.460 e. The maximum absolute atomic E-state index is 13.1. The molecular weight excluding hydrogens is 520 g/mol. The number of nitrogens with one attached hydrogen (secondary N) is 2. The van der Waals surface area contributed by atoms with Crippen LogP contribution in [0.15, 0.2) is 36.4 Å². The number of esters is 1. The number of ether oxygens (including phenoxy) is 3. The van der Waals surface area contributed by atoms with E-state index in [1.165, 1.54) is 12.8 Å². The fourth-order valence-corrected chi connectivity index (χ4v) is 5.41. The average molecular weight is 571 g/mol. The zero-order valence-electron chi connectivity index (χ0n) is 25.6. The molecule has 41 heavy (non-hydrogen) atoms. The van der Waals surface area contributed by atoms with E-state index in [4.69, 9.17) is 14.2 Å². The van der Waals surface area contributed by atoms with Crippen LogP contribution >= 0.6 is 0 Å². The minimum Gasteiger partial charge on any atom is -0.460 e. The summed E-state index contributed by atoms with van der Waals surface area (Å²) in [7, 11) is 0. The fraction of sp³-hybridized carbons (Fsp3) is 0.667. The molecule has 0 radical (unpaired) electrons. The number of allylic oxidation sites excluding steroid dienone is 1. The summed E-state index contributed by atoms with van der Waals surface area (Å²) in [6.45, 7) is 10.1. The van der Waals surface area contributed by atoms with Gasteiger partial charge in [-0.2, -0.15) is 0 Å². The van der Waals surface area contributed by atoms with Gasteiger partial charge in [-0.05, 0) is 57.1 Å². The number of benzene rings is 1. The standard InChI is InChI=1S/C33H50N2O6/c1-6-7-8-10-17-25(24-15-11-9-12-16-24)22-28(36)35-26-18-13-14-19-27(26)40-29(37)20-21-34-31(38)30-32(2,3)23-39-33(4,5)41-30/h9,11-12,15-16,22,26-27,30H,6-8,10,13-14,17-21,23H2,1-5H3,(H,34,38)(H,35,36)/b25-22-/t26-,27-,30?/m0/s1. The van der Waals surface area contributed by atoms with E-state index in [-0.39, 0.29) is 42.9 Å². The third-order valence-corrected chi connectivity index (χ3v) is 7.83. The molecule has 0 spiro atoms. The molecular formula is C33H50N2O6. The first-order valence-electron chi connectivity index (χ1n) is 15.4. The van der Waals surface area contributed by atoms with Gasteiger partial charge in [0.05, 0.1) is 19.1 Å². The molecule has 3 rings (SSSR count). The van der Waals surface area contributed by atoms with E-state index in [1.807, 2.05) is 44.2 Å². The number of carbonyl (C=O) groups is 3. The van der Waals surface area contributed by atoms with E-state index in [2.05, 4.69) is 17.6 Å². The Balaban J connectivity index is 1.52. The van der Waals surface area contributed by atoms with Gasteiger partial charge < -0.3 is 24.8 Å². The SMILES string of the molecule is CCCCCC/C(=C/C(=O)N[C@H]1CCCC[C@@H]1OC(=O)CCNC(=O)C1OC(C)(C)OCC1(C)C)c1ccccc1. The highest BCUT2D eigenvalue weighted by Crippen LogP contribution is 2.35. The molecule has 1 unspecified atom stereocenters. The van der Waals surface area contributed by atoms with Gasteiger partial charge in [-0.25, -0.2) is 0 Å². The summed E-state index contributed by atoms with van der Waals surface area (Å²) in [5.41, 5.74) is 1.60. The van der Waals surface area contributed by atoms with Crippen molar-refractivity contribution in [2.24, 2.45) is 5.41 Å². The van der Waals surface area contributed by atoms with Crippen LogP contribution in [-0.4, -0.2) is 55.0 Å². The Kier molecular flexibility index (Phi) is 12.4. The molecule has 1 aliphatic carbocycles. The number of rotatable bonds is 13. The summed E-state index contributed by atoms with van der Waals surface area (Å²) < 4.78 is 17.4. The molecule has 2 aliphatic rings. The predicted octanol–water partition coefficient (Wildman–Crippen LogP) is 5.70. The fourth-order valence-electron chi connectivity index (χ4n) is 5.41. The smallest absolute Gasteiger partial charge is 0.307 e. The lowest BCUT2D eigenvalue weighted by Crippen LogP contribution is -2.56. The molecule has 1 aromatic carbocycles. The Hall–Kier alpha value is -2.71. The van der Waals surface area contributed by atoms with Crippen LogP contribution in [0.2, 0.25) is 0 Å². The molecule has 2 amide bonds. The van der Waals surface area contributed by atoms with Gasteiger partial charge in [-0.15, -0.1) is 0 Å². The van der Waals surface area contributed by atoms with E-state index < -0.39 is 17.3 Å². The molecule has 1 aromatic rings. The van der Waals surface area contributed by atoms with Gasteiger partial charge in [0.2, 0.25) is 11.8 Å². The molecule has 8 nitrogen and oxygen atoms in total. The van der Waals surface area contributed by atoms with Crippen LogP contribution in [-0.2, 0) is 28.6 Å². The van der Waals surface area contributed by atoms with Crippen molar-refractivity contribution in [3.63, 3.8) is 0 Å². The Morgan fingerprint density at radius 2 is 1.73 bits per heavy atom. The molecule has 2 N–H and O–H groups in total. The Labute approximate surface area is 246 Å². The van der Waals surface area contributed by atoms with Crippen molar-refractivity contribution in [3.8, 4) is 0 Å². The van der Waals surface area contributed by atoms with Gasteiger partial charge in [-0.3, -0.25) is 14.4 Å². The second-order valence-corrected chi connectivity index (χ2v) is 12.5. The summed E-state index contributed by atoms with van der Waals surface area (Å²) in [6, 6.07) is 9.80. The normalized spacial score (nSPS) is 23.8. The maximum Gasteiger partial charge on any atom is 0.307 e. The zero-order chi connectivity index (χ0) is 29.9. The van der Waals surface area contributed by atoms with Crippen LogP contribution in [0.1, 0.15) is 104 Å². The summed E-state index contributed by atoms with van der Waals surface area (Å²) in [6.07, 6.45) is 9.45. The second-order valence-electron chi connectivity index (χ2n) is 12.5. The predicted molar refractivity (Wildman–Crippen MR) is 160 cm³/mol. The van der Waals surface area contributed by atoms with Gasteiger partial charge in [0, 0.05) is 18.0 Å². The summed E-state index contributed by atoms with van der Waals surface area (Å²) in [5, 5.41) is 5.94. The first-order chi connectivity index (χ1) is 19.5. The van der Waals surface area contributed by atoms with Crippen LogP contribution in [0.4, 0.5) is 0 Å². The van der Waals surface area contributed by atoms with Crippen LogP contribution in [0, 0.1) is 5.41 Å². The average Bonchev–Trinajstić information content (AvgIpc) is 2.93. The van der Waals surface area contributed by atoms with E-state index in [0.29, 0.717) is 13.0 Å². The number of carbonyl (C=O) groups excluding carboxylic acids is 3. The minimum absolute atomic E-state index is 0.0474. The number of amides is 2. The van der Waals surface area contributed by atoms with E-state index in [9.17, 15) is 14.4 Å². The van der Waals surface area contributed by atoms with Crippen molar-refractivity contribution in [3.05, 3.63) is 42.0 Å². The molecule has 2 fully saturated rings. The first-order valence-corrected chi connectivity index (χ1v) is 15.4. The molecule has 0 aromatic heterocycles. The number of hydrogen-bond donors (Lipinski definition) is 2. The molecule has 1 saturated carbocycles. The quantitative estimate of drug-likeness (QED) is 0.179. The minimum atomic E-state index is -0.844. The monoisotopic (exact) mass is 570 g/mol. The van der Waals surface area contributed by atoms with Crippen molar-refractivity contribution < 1.29 is 28.6 Å². The Morgan fingerprint density at radius 3 is 2.46 bits per heavy atom. The molecule has 0 bridgehead atoms. The van der Waals surface area contributed by atoms with E-state index in [1.54, 1.807) is 19.9 Å². The van der Waals surface area contributed by atoms with Gasteiger partial charge in [0.25, 0.3) is 0 Å². The molecule has 8 heteroatoms. The van der Waals surface area contributed by atoms with Crippen molar-refractivity contribution in [1.82, 2.24) is 10.6 Å². The molecule has 3 atom stereocenters. The third-order valence-electron chi connectivity index (χ3n) is 7.83. The van der Waals surface area contributed by atoms with Crippen LogP contribution in [0.5, 0.6) is 0 Å².